The fraction of sp³-hybridized carbons (Fsp3) is 0.500. The predicted molar refractivity (Wildman–Crippen MR) is 85.1 cm³/mol. The minimum atomic E-state index is 0.279. The van der Waals surface area contributed by atoms with Crippen LogP contribution in [0.4, 0.5) is 0 Å². The molecular weight excluding hydrogens is 300 g/mol. The van der Waals surface area contributed by atoms with Gasteiger partial charge in [0.15, 0.2) is 5.82 Å². The van der Waals surface area contributed by atoms with Gasteiger partial charge in [-0.05, 0) is 24.5 Å². The van der Waals surface area contributed by atoms with Crippen molar-refractivity contribution < 1.29 is 4.52 Å². The summed E-state index contributed by atoms with van der Waals surface area (Å²) < 4.78 is 5.11. The summed E-state index contributed by atoms with van der Waals surface area (Å²) in [6, 6.07) is 8.54. The quantitative estimate of drug-likeness (QED) is 0.885. The summed E-state index contributed by atoms with van der Waals surface area (Å²) in [5.41, 5.74) is 6.67. The number of aromatic nitrogens is 2. The van der Waals surface area contributed by atoms with Gasteiger partial charge in [-0.15, -0.1) is 0 Å². The van der Waals surface area contributed by atoms with E-state index < -0.39 is 0 Å². The lowest BCUT2D eigenvalue weighted by Gasteiger charge is -2.28. The van der Waals surface area contributed by atoms with Crippen LogP contribution < -0.4 is 5.73 Å². The van der Waals surface area contributed by atoms with E-state index in [2.05, 4.69) is 21.1 Å². The van der Waals surface area contributed by atoms with Crippen LogP contribution >= 0.6 is 11.6 Å². The summed E-state index contributed by atoms with van der Waals surface area (Å²) in [5, 5.41) is 4.83. The van der Waals surface area contributed by atoms with Gasteiger partial charge in [0.2, 0.25) is 5.89 Å². The highest BCUT2D eigenvalue weighted by atomic mass is 35.5. The van der Waals surface area contributed by atoms with Crippen molar-refractivity contribution in [3.8, 4) is 0 Å². The SMILES string of the molecule is NCc1nc(CN(Cc2ccccc2Cl)C2CCCC2)no1. The van der Waals surface area contributed by atoms with Crippen molar-refractivity contribution in [3.63, 3.8) is 0 Å². The van der Waals surface area contributed by atoms with Crippen LogP contribution in [0.1, 0.15) is 43.0 Å². The van der Waals surface area contributed by atoms with Gasteiger partial charge in [-0.1, -0.05) is 47.8 Å². The lowest BCUT2D eigenvalue weighted by Crippen LogP contribution is -2.32. The minimum absolute atomic E-state index is 0.279. The average Bonchev–Trinajstić information content (AvgIpc) is 3.19. The van der Waals surface area contributed by atoms with Crippen LogP contribution in [-0.4, -0.2) is 21.1 Å². The van der Waals surface area contributed by atoms with Crippen LogP contribution in [0.2, 0.25) is 5.02 Å². The zero-order valence-electron chi connectivity index (χ0n) is 12.5. The smallest absolute Gasteiger partial charge is 0.240 e. The zero-order chi connectivity index (χ0) is 15.4. The standard InChI is InChI=1S/C16H21ClN4O/c17-14-8-4-1-5-12(14)10-21(13-6-2-3-7-13)11-15-19-16(9-18)22-20-15/h1,4-5,8,13H,2-3,6-7,9-11,18H2. The van der Waals surface area contributed by atoms with Crippen molar-refractivity contribution >= 4 is 11.6 Å². The summed E-state index contributed by atoms with van der Waals surface area (Å²) in [5.74, 6) is 1.18. The first-order chi connectivity index (χ1) is 10.8. The molecule has 5 nitrogen and oxygen atoms in total. The van der Waals surface area contributed by atoms with Crippen LogP contribution in [0.15, 0.2) is 28.8 Å². The Morgan fingerprint density at radius 1 is 1.23 bits per heavy atom. The molecule has 1 aromatic carbocycles. The number of hydrogen-bond donors (Lipinski definition) is 1. The summed E-state index contributed by atoms with van der Waals surface area (Å²) in [4.78, 5) is 6.73. The van der Waals surface area contributed by atoms with E-state index in [0.29, 0.717) is 24.3 Å². The van der Waals surface area contributed by atoms with E-state index in [1.165, 1.54) is 25.7 Å². The van der Waals surface area contributed by atoms with E-state index in [-0.39, 0.29) is 6.54 Å². The number of nitrogens with zero attached hydrogens (tertiary/aromatic N) is 3. The molecule has 6 heteroatoms. The van der Waals surface area contributed by atoms with Gasteiger partial charge < -0.3 is 10.3 Å². The molecule has 0 unspecified atom stereocenters. The van der Waals surface area contributed by atoms with Gasteiger partial charge in [-0.25, -0.2) is 0 Å². The molecule has 22 heavy (non-hydrogen) atoms. The summed E-state index contributed by atoms with van der Waals surface area (Å²) in [7, 11) is 0. The molecule has 0 amide bonds. The number of hydrogen-bond acceptors (Lipinski definition) is 5. The molecule has 118 valence electrons. The largest absolute Gasteiger partial charge is 0.338 e. The topological polar surface area (TPSA) is 68.2 Å². The van der Waals surface area contributed by atoms with Crippen molar-refractivity contribution in [1.82, 2.24) is 15.0 Å². The normalized spacial score (nSPS) is 15.8. The second kappa shape index (κ2) is 7.22. The summed E-state index contributed by atoms with van der Waals surface area (Å²) in [6.07, 6.45) is 4.99. The Morgan fingerprint density at radius 3 is 2.68 bits per heavy atom. The van der Waals surface area contributed by atoms with Gasteiger partial charge in [0.25, 0.3) is 0 Å². The van der Waals surface area contributed by atoms with E-state index in [1.807, 2.05) is 18.2 Å². The number of benzene rings is 1. The Hall–Kier alpha value is -1.43. The zero-order valence-corrected chi connectivity index (χ0v) is 13.3. The molecule has 1 aliphatic rings. The summed E-state index contributed by atoms with van der Waals surface area (Å²) in [6.45, 7) is 1.75. The molecule has 0 atom stereocenters. The predicted octanol–water partition coefficient (Wildman–Crippen LogP) is 3.13. The van der Waals surface area contributed by atoms with Crippen molar-refractivity contribution in [2.45, 2.75) is 51.4 Å². The highest BCUT2D eigenvalue weighted by molar-refractivity contribution is 6.31. The molecule has 1 aromatic heterocycles. The van der Waals surface area contributed by atoms with Crippen LogP contribution in [0, 0.1) is 0 Å². The molecule has 3 rings (SSSR count). The maximum absolute atomic E-state index is 6.31. The van der Waals surface area contributed by atoms with Crippen LogP contribution in [0.3, 0.4) is 0 Å². The minimum Gasteiger partial charge on any atom is -0.338 e. The lowest BCUT2D eigenvalue weighted by atomic mass is 10.1. The fourth-order valence-corrected chi connectivity index (χ4v) is 3.24. The molecule has 0 radical (unpaired) electrons. The fourth-order valence-electron chi connectivity index (χ4n) is 3.05. The molecule has 0 aliphatic heterocycles. The molecular formula is C16H21ClN4O. The van der Waals surface area contributed by atoms with E-state index in [4.69, 9.17) is 21.9 Å². The summed E-state index contributed by atoms with van der Waals surface area (Å²) >= 11 is 6.31. The van der Waals surface area contributed by atoms with Crippen LogP contribution in [0.5, 0.6) is 0 Å². The third-order valence-corrected chi connectivity index (χ3v) is 4.57. The Labute approximate surface area is 135 Å². The molecule has 1 aliphatic carbocycles. The first-order valence-electron chi connectivity index (χ1n) is 7.75. The van der Waals surface area contributed by atoms with E-state index in [9.17, 15) is 0 Å². The molecule has 1 heterocycles. The number of rotatable bonds is 6. The highest BCUT2D eigenvalue weighted by Gasteiger charge is 2.24. The second-order valence-corrected chi connectivity index (χ2v) is 6.15. The van der Waals surface area contributed by atoms with Gasteiger partial charge in [0.05, 0.1) is 13.1 Å². The van der Waals surface area contributed by atoms with Crippen molar-refractivity contribution in [2.75, 3.05) is 0 Å². The van der Waals surface area contributed by atoms with Crippen molar-refractivity contribution in [3.05, 3.63) is 46.6 Å². The molecule has 1 fully saturated rings. The third-order valence-electron chi connectivity index (χ3n) is 4.20. The third kappa shape index (κ3) is 3.66. The molecule has 0 saturated heterocycles. The first-order valence-corrected chi connectivity index (χ1v) is 8.13. The Morgan fingerprint density at radius 2 is 2.00 bits per heavy atom. The van der Waals surface area contributed by atoms with Gasteiger partial charge in [-0.2, -0.15) is 4.98 Å². The first kappa shape index (κ1) is 15.5. The monoisotopic (exact) mass is 320 g/mol. The van der Waals surface area contributed by atoms with Gasteiger partial charge in [0.1, 0.15) is 0 Å². The Kier molecular flexibility index (Phi) is 5.08. The van der Waals surface area contributed by atoms with Crippen LogP contribution in [-0.2, 0) is 19.6 Å². The maximum atomic E-state index is 6.31. The number of halogens is 1. The molecule has 0 bridgehead atoms. The Balaban J connectivity index is 1.76. The van der Waals surface area contributed by atoms with Crippen molar-refractivity contribution in [2.24, 2.45) is 5.73 Å². The van der Waals surface area contributed by atoms with Gasteiger partial charge in [-0.3, -0.25) is 4.90 Å². The van der Waals surface area contributed by atoms with E-state index >= 15 is 0 Å². The van der Waals surface area contributed by atoms with E-state index in [0.717, 1.165) is 17.1 Å². The number of nitrogens with two attached hydrogens (primary N) is 1. The Bertz CT molecular complexity index is 610. The molecule has 1 saturated carbocycles. The molecule has 0 spiro atoms. The second-order valence-electron chi connectivity index (χ2n) is 5.74. The molecule has 2 aromatic rings. The highest BCUT2D eigenvalue weighted by Crippen LogP contribution is 2.27. The average molecular weight is 321 g/mol. The van der Waals surface area contributed by atoms with Gasteiger partial charge >= 0.3 is 0 Å². The van der Waals surface area contributed by atoms with Gasteiger partial charge in [0, 0.05) is 17.6 Å². The molecule has 2 N–H and O–H groups in total. The maximum Gasteiger partial charge on any atom is 0.240 e. The van der Waals surface area contributed by atoms with Crippen LogP contribution in [0.25, 0.3) is 0 Å². The van der Waals surface area contributed by atoms with Crippen molar-refractivity contribution in [1.29, 1.82) is 0 Å². The lowest BCUT2D eigenvalue weighted by molar-refractivity contribution is 0.174. The van der Waals surface area contributed by atoms with E-state index in [1.54, 1.807) is 0 Å².